The van der Waals surface area contributed by atoms with Gasteiger partial charge in [-0.25, -0.2) is 4.39 Å². The van der Waals surface area contributed by atoms with Gasteiger partial charge in [-0.1, -0.05) is 12.1 Å². The molecule has 3 aromatic rings. The summed E-state index contributed by atoms with van der Waals surface area (Å²) in [4.78, 5) is 16.4. The normalized spacial score (nSPS) is 10.6. The van der Waals surface area contributed by atoms with Gasteiger partial charge >= 0.3 is 0 Å². The molecule has 0 atom stereocenters. The number of amides is 1. The van der Waals surface area contributed by atoms with Crippen LogP contribution in [0, 0.1) is 12.7 Å². The van der Waals surface area contributed by atoms with Crippen LogP contribution in [0.4, 0.5) is 4.39 Å². The summed E-state index contributed by atoms with van der Waals surface area (Å²) in [5, 5.41) is 6.87. The summed E-state index contributed by atoms with van der Waals surface area (Å²) in [6, 6.07) is 8.22. The molecule has 2 aromatic heterocycles. The largest absolute Gasteiger partial charge is 0.348 e. The molecule has 5 nitrogen and oxygen atoms in total. The molecule has 0 saturated heterocycles. The fraction of sp³-hybridized carbons (Fsp3) is 0.167. The van der Waals surface area contributed by atoms with Crippen LogP contribution in [-0.4, -0.2) is 20.7 Å². The Balaban J connectivity index is 1.64. The second kappa shape index (κ2) is 6.62. The third-order valence-electron chi connectivity index (χ3n) is 3.71. The zero-order chi connectivity index (χ0) is 17.1. The number of carbonyl (C=O) groups excluding carboxylic acids is 1. The van der Waals surface area contributed by atoms with E-state index in [0.29, 0.717) is 17.7 Å². The van der Waals surface area contributed by atoms with E-state index in [4.69, 9.17) is 0 Å². The molecule has 0 spiro atoms. The van der Waals surface area contributed by atoms with E-state index in [0.717, 1.165) is 16.8 Å². The molecular formula is C18H17FN4O. The molecule has 3 rings (SSSR count). The minimum absolute atomic E-state index is 0.304. The second-order valence-corrected chi connectivity index (χ2v) is 5.60. The number of benzene rings is 1. The smallest absolute Gasteiger partial charge is 0.251 e. The molecule has 1 amide bonds. The molecule has 1 N–H and O–H groups in total. The highest BCUT2D eigenvalue weighted by atomic mass is 19.1. The van der Waals surface area contributed by atoms with Gasteiger partial charge in [0.05, 0.1) is 11.9 Å². The number of pyridine rings is 1. The summed E-state index contributed by atoms with van der Waals surface area (Å²) in [5.41, 5.74) is 3.44. The van der Waals surface area contributed by atoms with E-state index >= 15 is 0 Å². The lowest BCUT2D eigenvalue weighted by molar-refractivity contribution is 0.0950. The molecule has 6 heteroatoms. The molecular weight excluding hydrogens is 307 g/mol. The van der Waals surface area contributed by atoms with Crippen LogP contribution in [-0.2, 0) is 13.6 Å². The summed E-state index contributed by atoms with van der Waals surface area (Å²) in [6.45, 7) is 1.99. The van der Waals surface area contributed by atoms with Crippen LogP contribution in [0.2, 0.25) is 0 Å². The summed E-state index contributed by atoms with van der Waals surface area (Å²) >= 11 is 0. The molecule has 2 heterocycles. The number of carbonyl (C=O) groups is 1. The van der Waals surface area contributed by atoms with E-state index in [-0.39, 0.29) is 11.7 Å². The molecule has 0 fully saturated rings. The minimum atomic E-state index is -0.384. The molecule has 0 aliphatic carbocycles. The summed E-state index contributed by atoms with van der Waals surface area (Å²) in [7, 11) is 1.85. The van der Waals surface area contributed by atoms with Gasteiger partial charge in [-0.2, -0.15) is 5.10 Å². The highest BCUT2D eigenvalue weighted by molar-refractivity contribution is 5.94. The van der Waals surface area contributed by atoms with Crippen LogP contribution in [0.15, 0.2) is 48.9 Å². The van der Waals surface area contributed by atoms with Crippen molar-refractivity contribution < 1.29 is 9.18 Å². The molecule has 122 valence electrons. The summed E-state index contributed by atoms with van der Waals surface area (Å²) in [6.07, 6.45) is 5.34. The van der Waals surface area contributed by atoms with Crippen LogP contribution in [0.3, 0.4) is 0 Å². The standard InChI is InChI=1S/C18H17FN4O/c1-12-3-5-14(7-16(12)19)18(24)21-9-13-4-6-17(20-8-13)15-10-22-23(2)11-15/h3-8,10-11H,9H2,1-2H3,(H,21,24). The van der Waals surface area contributed by atoms with Crippen molar-refractivity contribution in [2.45, 2.75) is 13.5 Å². The first-order valence-electron chi connectivity index (χ1n) is 7.51. The van der Waals surface area contributed by atoms with Crippen LogP contribution in [0.25, 0.3) is 11.3 Å². The average molecular weight is 324 g/mol. The van der Waals surface area contributed by atoms with Crippen molar-refractivity contribution in [1.82, 2.24) is 20.1 Å². The molecule has 0 radical (unpaired) electrons. The highest BCUT2D eigenvalue weighted by Gasteiger charge is 2.08. The number of nitrogens with one attached hydrogen (secondary N) is 1. The fourth-order valence-corrected chi connectivity index (χ4v) is 2.27. The van der Waals surface area contributed by atoms with Crippen molar-refractivity contribution >= 4 is 5.91 Å². The highest BCUT2D eigenvalue weighted by Crippen LogP contribution is 2.15. The Morgan fingerprint density at radius 1 is 1.25 bits per heavy atom. The lowest BCUT2D eigenvalue weighted by Crippen LogP contribution is -2.23. The van der Waals surface area contributed by atoms with Crippen molar-refractivity contribution in [3.8, 4) is 11.3 Å². The molecule has 0 aliphatic heterocycles. The van der Waals surface area contributed by atoms with Gasteiger partial charge < -0.3 is 5.32 Å². The van der Waals surface area contributed by atoms with Crippen molar-refractivity contribution in [3.63, 3.8) is 0 Å². The fourth-order valence-electron chi connectivity index (χ4n) is 2.27. The Hall–Kier alpha value is -3.02. The van der Waals surface area contributed by atoms with Crippen LogP contribution in [0.5, 0.6) is 0 Å². The van der Waals surface area contributed by atoms with Gasteiger partial charge in [-0.3, -0.25) is 14.5 Å². The predicted octanol–water partition coefficient (Wildman–Crippen LogP) is 2.86. The number of rotatable bonds is 4. The molecule has 0 bridgehead atoms. The zero-order valence-corrected chi connectivity index (χ0v) is 13.5. The first-order valence-corrected chi connectivity index (χ1v) is 7.51. The Kier molecular flexibility index (Phi) is 4.37. The van der Waals surface area contributed by atoms with Crippen LogP contribution in [0.1, 0.15) is 21.5 Å². The Morgan fingerprint density at radius 2 is 2.08 bits per heavy atom. The van der Waals surface area contributed by atoms with E-state index in [1.54, 1.807) is 36.1 Å². The van der Waals surface area contributed by atoms with Gasteiger partial charge in [0.2, 0.25) is 0 Å². The van der Waals surface area contributed by atoms with Crippen molar-refractivity contribution in [1.29, 1.82) is 0 Å². The molecule has 1 aromatic carbocycles. The monoisotopic (exact) mass is 324 g/mol. The maximum atomic E-state index is 13.5. The maximum absolute atomic E-state index is 13.5. The van der Waals surface area contributed by atoms with Gasteiger partial charge in [0.25, 0.3) is 5.91 Å². The van der Waals surface area contributed by atoms with E-state index in [9.17, 15) is 9.18 Å². The Morgan fingerprint density at radius 3 is 2.71 bits per heavy atom. The van der Waals surface area contributed by atoms with Crippen LogP contribution >= 0.6 is 0 Å². The second-order valence-electron chi connectivity index (χ2n) is 5.60. The Bertz CT molecular complexity index is 871. The van der Waals surface area contributed by atoms with Gasteiger partial charge in [-0.15, -0.1) is 0 Å². The number of hydrogen-bond donors (Lipinski definition) is 1. The van der Waals surface area contributed by atoms with Crippen molar-refractivity contribution in [2.24, 2.45) is 7.05 Å². The van der Waals surface area contributed by atoms with Gasteiger partial charge in [0.15, 0.2) is 0 Å². The average Bonchev–Trinajstić information content (AvgIpc) is 3.02. The van der Waals surface area contributed by atoms with Crippen molar-refractivity contribution in [3.05, 3.63) is 71.4 Å². The Labute approximate surface area is 139 Å². The summed E-state index contributed by atoms with van der Waals surface area (Å²) < 4.78 is 15.2. The number of aryl methyl sites for hydroxylation is 2. The first kappa shape index (κ1) is 15.9. The minimum Gasteiger partial charge on any atom is -0.348 e. The first-order chi connectivity index (χ1) is 11.5. The number of aromatic nitrogens is 3. The van der Waals surface area contributed by atoms with Gasteiger partial charge in [-0.05, 0) is 36.2 Å². The van der Waals surface area contributed by atoms with Gasteiger partial charge in [0.1, 0.15) is 5.82 Å². The maximum Gasteiger partial charge on any atom is 0.251 e. The lowest BCUT2D eigenvalue weighted by atomic mass is 10.1. The molecule has 0 saturated carbocycles. The van der Waals surface area contributed by atoms with Crippen molar-refractivity contribution in [2.75, 3.05) is 0 Å². The number of nitrogens with zero attached hydrogens (tertiary/aromatic N) is 3. The molecule has 0 aliphatic rings. The van der Waals surface area contributed by atoms with Crippen LogP contribution < -0.4 is 5.32 Å². The topological polar surface area (TPSA) is 59.8 Å². The quantitative estimate of drug-likeness (QED) is 0.803. The third kappa shape index (κ3) is 3.48. The lowest BCUT2D eigenvalue weighted by Gasteiger charge is -2.07. The van der Waals surface area contributed by atoms with E-state index in [1.165, 1.54) is 6.07 Å². The summed E-state index contributed by atoms with van der Waals surface area (Å²) in [5.74, 6) is -0.699. The van der Waals surface area contributed by atoms with E-state index in [1.807, 2.05) is 25.4 Å². The number of halogens is 1. The van der Waals surface area contributed by atoms with Gasteiger partial charge in [0, 0.05) is 37.1 Å². The van der Waals surface area contributed by atoms with E-state index in [2.05, 4.69) is 15.4 Å². The van der Waals surface area contributed by atoms with E-state index < -0.39 is 0 Å². The SMILES string of the molecule is Cc1ccc(C(=O)NCc2ccc(-c3cnn(C)c3)nc2)cc1F. The third-order valence-corrected chi connectivity index (χ3v) is 3.71. The zero-order valence-electron chi connectivity index (χ0n) is 13.5. The predicted molar refractivity (Wildman–Crippen MR) is 88.7 cm³/mol. The molecule has 24 heavy (non-hydrogen) atoms. The number of hydrogen-bond acceptors (Lipinski definition) is 3. The molecule has 0 unspecified atom stereocenters.